The summed E-state index contributed by atoms with van der Waals surface area (Å²) in [6, 6.07) is 3.07. The molecule has 0 radical (unpaired) electrons. The summed E-state index contributed by atoms with van der Waals surface area (Å²) in [7, 11) is 0. The standard InChI is InChI=1S/C20H23N7O7.2Na/c21-20-25-16-15(18(32)26-20)27(9-28)12(8-23-16)7-22-11-3-1-10(2-4-11)17(31)24-13(19(33)34)5-6-14(29)30;;/h1-4,9,12-13,15,22H,5-8H2,(H,24,31)(H,29,30)(H,33,34)(H3,21,23,25,26,32);;/q;2*+1/p-2. The molecule has 36 heavy (non-hydrogen) atoms. The van der Waals surface area contributed by atoms with Gasteiger partial charge >= 0.3 is 59.1 Å². The summed E-state index contributed by atoms with van der Waals surface area (Å²) in [5, 5.41) is 29.3. The number of hydrogen-bond acceptors (Lipinski definition) is 11. The summed E-state index contributed by atoms with van der Waals surface area (Å²) in [6.07, 6.45) is -0.371. The Kier molecular flexibility index (Phi) is 12.5. The average Bonchev–Trinajstić information content (AvgIpc) is 2.79. The molecule has 3 amide bonds. The van der Waals surface area contributed by atoms with E-state index in [-0.39, 0.29) is 96.0 Å². The Morgan fingerprint density at radius 2 is 1.89 bits per heavy atom. The van der Waals surface area contributed by atoms with E-state index >= 15 is 0 Å². The second-order valence-electron chi connectivity index (χ2n) is 7.51. The van der Waals surface area contributed by atoms with Gasteiger partial charge in [-0.05, 0) is 37.1 Å². The first-order valence-corrected chi connectivity index (χ1v) is 10.2. The monoisotopic (exact) mass is 517 g/mol. The molecule has 14 nitrogen and oxygen atoms in total. The van der Waals surface area contributed by atoms with E-state index in [9.17, 15) is 34.2 Å². The van der Waals surface area contributed by atoms with Gasteiger partial charge in [0.05, 0.1) is 24.6 Å². The summed E-state index contributed by atoms with van der Waals surface area (Å²) >= 11 is 0. The normalized spacial score (nSPS) is 19.0. The van der Waals surface area contributed by atoms with Gasteiger partial charge in [-0.3, -0.25) is 24.7 Å². The maximum absolute atomic E-state index is 12.3. The van der Waals surface area contributed by atoms with E-state index in [1.54, 1.807) is 12.1 Å². The molecular formula is C20H21N7Na2O7. The molecule has 0 spiro atoms. The number of carbonyl (C=O) groups is 5. The first-order valence-electron chi connectivity index (χ1n) is 10.2. The van der Waals surface area contributed by atoms with E-state index in [0.29, 0.717) is 12.1 Å². The van der Waals surface area contributed by atoms with Crippen molar-refractivity contribution in [2.75, 3.05) is 18.4 Å². The number of carboxylic acids is 2. The molecule has 3 rings (SSSR count). The Labute approximate surface area is 249 Å². The van der Waals surface area contributed by atoms with Gasteiger partial charge in [0.2, 0.25) is 12.4 Å². The zero-order valence-electron chi connectivity index (χ0n) is 19.7. The summed E-state index contributed by atoms with van der Waals surface area (Å²) in [5.41, 5.74) is 6.25. The third kappa shape index (κ3) is 8.01. The number of carbonyl (C=O) groups excluding carboxylic acids is 5. The van der Waals surface area contributed by atoms with Crippen LogP contribution in [0.1, 0.15) is 23.2 Å². The minimum atomic E-state index is -1.61. The molecule has 0 fully saturated rings. The molecule has 5 N–H and O–H groups in total. The predicted octanol–water partition coefficient (Wildman–Crippen LogP) is -10.5. The Morgan fingerprint density at radius 3 is 2.47 bits per heavy atom. The van der Waals surface area contributed by atoms with Gasteiger partial charge in [0.25, 0.3) is 11.8 Å². The van der Waals surface area contributed by atoms with Crippen molar-refractivity contribution in [1.29, 1.82) is 0 Å². The molecule has 2 heterocycles. The Balaban J connectivity index is 0.00000324. The fourth-order valence-corrected chi connectivity index (χ4v) is 3.46. The van der Waals surface area contributed by atoms with Crippen LogP contribution in [0.3, 0.4) is 0 Å². The third-order valence-electron chi connectivity index (χ3n) is 5.20. The van der Waals surface area contributed by atoms with Crippen LogP contribution >= 0.6 is 0 Å². The summed E-state index contributed by atoms with van der Waals surface area (Å²) in [4.78, 5) is 67.3. The Bertz CT molecular complexity index is 1060. The van der Waals surface area contributed by atoms with Crippen molar-refractivity contribution in [3.05, 3.63) is 29.8 Å². The number of carboxylic acid groups (broad SMARTS) is 2. The number of hydrogen-bond donors (Lipinski definition) is 4. The fourth-order valence-electron chi connectivity index (χ4n) is 3.46. The quantitative estimate of drug-likeness (QED) is 0.171. The van der Waals surface area contributed by atoms with Crippen molar-refractivity contribution in [2.24, 2.45) is 15.7 Å². The zero-order chi connectivity index (χ0) is 24.8. The molecule has 3 atom stereocenters. The molecule has 3 unspecified atom stereocenters. The van der Waals surface area contributed by atoms with Gasteiger partial charge in [-0.2, -0.15) is 4.99 Å². The molecule has 1 aromatic carbocycles. The van der Waals surface area contributed by atoms with Crippen LogP contribution in [0.4, 0.5) is 5.69 Å². The molecule has 0 aromatic heterocycles. The van der Waals surface area contributed by atoms with Crippen LogP contribution in [0.25, 0.3) is 0 Å². The number of nitrogens with one attached hydrogen (secondary N) is 3. The van der Waals surface area contributed by atoms with E-state index in [1.807, 2.05) is 0 Å². The predicted molar refractivity (Wildman–Crippen MR) is 113 cm³/mol. The van der Waals surface area contributed by atoms with Crippen molar-refractivity contribution < 1.29 is 93.3 Å². The van der Waals surface area contributed by atoms with Gasteiger partial charge in [-0.25, -0.2) is 0 Å². The van der Waals surface area contributed by atoms with Crippen LogP contribution in [-0.2, 0) is 19.2 Å². The van der Waals surface area contributed by atoms with Crippen LogP contribution in [0.15, 0.2) is 34.3 Å². The number of anilines is 1. The second-order valence-corrected chi connectivity index (χ2v) is 7.51. The largest absolute Gasteiger partial charge is 1.00 e. The van der Waals surface area contributed by atoms with E-state index in [4.69, 9.17) is 5.73 Å². The number of amidine groups is 1. The summed E-state index contributed by atoms with van der Waals surface area (Å²) in [6.45, 7) is 0.429. The number of aliphatic imine (C=N–C) groups is 2. The van der Waals surface area contributed by atoms with E-state index in [1.165, 1.54) is 17.0 Å². The van der Waals surface area contributed by atoms with Gasteiger partial charge in [0.1, 0.15) is 0 Å². The van der Waals surface area contributed by atoms with Crippen LogP contribution in [0, 0.1) is 0 Å². The average molecular weight is 517 g/mol. The first-order chi connectivity index (χ1) is 16.2. The number of rotatable bonds is 10. The van der Waals surface area contributed by atoms with Gasteiger partial charge in [0, 0.05) is 23.8 Å². The number of nitrogens with two attached hydrogens (primary N) is 1. The molecule has 180 valence electrons. The summed E-state index contributed by atoms with van der Waals surface area (Å²) < 4.78 is 0. The number of aliphatic carboxylic acids is 2. The smallest absolute Gasteiger partial charge is 0.550 e. The van der Waals surface area contributed by atoms with E-state index in [0.717, 1.165) is 0 Å². The third-order valence-corrected chi connectivity index (χ3v) is 5.20. The van der Waals surface area contributed by atoms with Crippen molar-refractivity contribution >= 4 is 47.6 Å². The minimum Gasteiger partial charge on any atom is -0.550 e. The maximum Gasteiger partial charge on any atom is 1.00 e. The first kappa shape index (κ1) is 31.5. The Morgan fingerprint density at radius 1 is 1.22 bits per heavy atom. The Hall–Kier alpha value is -2.49. The SMILES string of the molecule is NC1=NC2=NCC(CNc3ccc(C(=O)NC(CCC(=O)[O-])C(=O)[O-])cc3)N(C=O)C2C(=O)N1.[Na+].[Na+]. The van der Waals surface area contributed by atoms with Crippen molar-refractivity contribution in [1.82, 2.24) is 15.5 Å². The van der Waals surface area contributed by atoms with Crippen LogP contribution < -0.4 is 91.0 Å². The van der Waals surface area contributed by atoms with Crippen LogP contribution in [0.5, 0.6) is 0 Å². The maximum atomic E-state index is 12.3. The molecule has 16 heteroatoms. The van der Waals surface area contributed by atoms with Crippen molar-refractivity contribution in [2.45, 2.75) is 31.0 Å². The van der Waals surface area contributed by atoms with Gasteiger partial charge in [0.15, 0.2) is 11.9 Å². The molecule has 0 bridgehead atoms. The topological polar surface area (TPSA) is 222 Å². The van der Waals surface area contributed by atoms with Crippen molar-refractivity contribution in [3.63, 3.8) is 0 Å². The molecular weight excluding hydrogens is 496 g/mol. The number of amides is 3. The molecule has 0 saturated heterocycles. The van der Waals surface area contributed by atoms with Gasteiger partial charge in [-0.1, -0.05) is 0 Å². The molecule has 2 aliphatic rings. The summed E-state index contributed by atoms with van der Waals surface area (Å²) in [5.74, 6) is -4.20. The number of guanidine groups is 1. The van der Waals surface area contributed by atoms with Gasteiger partial charge in [-0.15, -0.1) is 0 Å². The number of benzene rings is 1. The zero-order valence-corrected chi connectivity index (χ0v) is 23.7. The second kappa shape index (κ2) is 14.3. The molecule has 1 aromatic rings. The van der Waals surface area contributed by atoms with E-state index in [2.05, 4.69) is 25.9 Å². The minimum absolute atomic E-state index is 0. The van der Waals surface area contributed by atoms with Crippen LogP contribution in [-0.4, -0.2) is 78.1 Å². The molecule has 2 aliphatic heterocycles. The molecule has 0 aliphatic carbocycles. The van der Waals surface area contributed by atoms with Crippen molar-refractivity contribution in [3.8, 4) is 0 Å². The van der Waals surface area contributed by atoms with Gasteiger partial charge < -0.3 is 41.1 Å². The van der Waals surface area contributed by atoms with Crippen LogP contribution in [0.2, 0.25) is 0 Å². The number of fused-ring (bicyclic) bond motifs is 1. The number of nitrogens with zero attached hydrogens (tertiary/aromatic N) is 3. The fraction of sp³-hybridized carbons (Fsp3) is 0.350. The van der Waals surface area contributed by atoms with E-state index < -0.39 is 48.3 Å². The molecule has 0 saturated carbocycles.